The average molecular weight is 344 g/mol. The van der Waals surface area contributed by atoms with E-state index < -0.39 is 23.0 Å². The lowest BCUT2D eigenvalue weighted by molar-refractivity contribution is -0.204. The van der Waals surface area contributed by atoms with Crippen LogP contribution in [0.5, 0.6) is 0 Å². The van der Waals surface area contributed by atoms with Crippen molar-refractivity contribution in [2.45, 2.75) is 76.0 Å². The predicted octanol–water partition coefficient (Wildman–Crippen LogP) is 2.67. The minimum Gasteiger partial charge on any atom is -0.350 e. The molecule has 4 nitrogen and oxygen atoms in total. The van der Waals surface area contributed by atoms with Crippen molar-refractivity contribution in [1.29, 1.82) is 0 Å². The van der Waals surface area contributed by atoms with E-state index in [1.54, 1.807) is 0 Å². The Morgan fingerprint density at radius 3 is 1.88 bits per heavy atom. The van der Waals surface area contributed by atoms with Crippen molar-refractivity contribution in [2.75, 3.05) is 0 Å². The number of hydrogen-bond donors (Lipinski definition) is 2. The molecule has 6 aliphatic rings. The second kappa shape index (κ2) is 4.28. The maximum absolute atomic E-state index is 12.6. The van der Waals surface area contributed by atoms with Gasteiger partial charge in [0.1, 0.15) is 0 Å². The zero-order chi connectivity index (χ0) is 17.6. The molecule has 0 aromatic carbocycles. The lowest BCUT2D eigenvalue weighted by Gasteiger charge is -2.72. The summed E-state index contributed by atoms with van der Waals surface area (Å²) in [5.41, 5.74) is -1.26. The van der Waals surface area contributed by atoms with Crippen LogP contribution in [0.15, 0.2) is 0 Å². The van der Waals surface area contributed by atoms with E-state index in [0.717, 1.165) is 25.2 Å². The van der Waals surface area contributed by atoms with Gasteiger partial charge in [0.2, 0.25) is 5.91 Å². The fourth-order valence-electron chi connectivity index (χ4n) is 5.69. The molecular weight excluding hydrogens is 321 g/mol. The summed E-state index contributed by atoms with van der Waals surface area (Å²) in [6.45, 7) is 3.82. The Morgan fingerprint density at radius 1 is 0.958 bits per heavy atom. The first-order valence-electron chi connectivity index (χ1n) is 8.59. The third kappa shape index (κ3) is 2.26. The Morgan fingerprint density at radius 2 is 1.46 bits per heavy atom. The molecule has 0 atom stereocenters. The first-order valence-corrected chi connectivity index (χ1v) is 8.59. The van der Waals surface area contributed by atoms with E-state index in [-0.39, 0.29) is 16.9 Å². The van der Waals surface area contributed by atoms with Crippen LogP contribution in [0.25, 0.3) is 0 Å². The third-order valence-corrected chi connectivity index (χ3v) is 6.62. The van der Waals surface area contributed by atoms with E-state index >= 15 is 0 Å². The molecule has 2 N–H and O–H groups in total. The Kier molecular flexibility index (Phi) is 2.89. The van der Waals surface area contributed by atoms with Crippen LogP contribution < -0.4 is 10.6 Å². The zero-order valence-electron chi connectivity index (χ0n) is 14.0. The second-order valence-electron chi connectivity index (χ2n) is 9.54. The van der Waals surface area contributed by atoms with Gasteiger partial charge in [0.25, 0.3) is 0 Å². The highest BCUT2D eigenvalue weighted by atomic mass is 19.4. The summed E-state index contributed by atoms with van der Waals surface area (Å²) in [5, 5.41) is 5.33. The topological polar surface area (TPSA) is 58.2 Å². The van der Waals surface area contributed by atoms with Gasteiger partial charge >= 0.3 is 12.1 Å². The van der Waals surface area contributed by atoms with Crippen LogP contribution in [0.1, 0.15) is 58.8 Å². The molecule has 2 amide bonds. The predicted molar refractivity (Wildman–Crippen MR) is 79.8 cm³/mol. The fourth-order valence-corrected chi connectivity index (χ4v) is 5.69. The molecule has 0 aromatic heterocycles. The van der Waals surface area contributed by atoms with Gasteiger partial charge in [0.15, 0.2) is 0 Å². The SMILES string of the molecule is CC(C)(CC12CC(NC(=O)C(F)(F)F)(C1)C2)C(=O)NC12CC(C1)C2. The summed E-state index contributed by atoms with van der Waals surface area (Å²) in [6, 6.07) is 0. The highest BCUT2D eigenvalue weighted by molar-refractivity contribution is 5.84. The number of halogens is 3. The molecular formula is C17H23F3N2O2. The summed E-state index contributed by atoms with van der Waals surface area (Å²) in [4.78, 5) is 23.7. The molecule has 6 fully saturated rings. The first kappa shape index (κ1) is 16.2. The van der Waals surface area contributed by atoms with Gasteiger partial charge in [-0.15, -0.1) is 0 Å². The van der Waals surface area contributed by atoms with Crippen LogP contribution in [0.4, 0.5) is 13.2 Å². The Balaban J connectivity index is 1.30. The molecule has 6 saturated carbocycles. The number of amides is 2. The molecule has 0 unspecified atom stereocenters. The number of nitrogens with one attached hydrogen (secondary N) is 2. The standard InChI is InChI=1S/C17H23F3N2O2/c1-13(2,11(23)21-15-3-10(4-15)5-15)6-14-7-16(8-14,9-14)22-12(24)17(18,19)20/h10H,3-9H2,1-2H3,(H,21,23)(H,22,24). The summed E-state index contributed by atoms with van der Waals surface area (Å²) in [7, 11) is 0. The molecule has 24 heavy (non-hydrogen) atoms. The number of carbonyl (C=O) groups is 2. The highest BCUT2D eigenvalue weighted by Gasteiger charge is 2.70. The molecule has 134 valence electrons. The van der Waals surface area contributed by atoms with Gasteiger partial charge in [-0.2, -0.15) is 13.2 Å². The summed E-state index contributed by atoms with van der Waals surface area (Å²) in [5.74, 6) is -1.00. The van der Waals surface area contributed by atoms with Gasteiger partial charge in [0.05, 0.1) is 0 Å². The lowest BCUT2D eigenvalue weighted by atomic mass is 9.36. The van der Waals surface area contributed by atoms with Crippen molar-refractivity contribution < 1.29 is 22.8 Å². The van der Waals surface area contributed by atoms with Crippen molar-refractivity contribution in [1.82, 2.24) is 10.6 Å². The van der Waals surface area contributed by atoms with Crippen LogP contribution in [0.2, 0.25) is 0 Å². The molecule has 0 aromatic rings. The lowest BCUT2D eigenvalue weighted by Crippen LogP contribution is -2.76. The van der Waals surface area contributed by atoms with Crippen molar-refractivity contribution >= 4 is 11.8 Å². The Hall–Kier alpha value is -1.27. The smallest absolute Gasteiger partial charge is 0.350 e. The Bertz CT molecular complexity index is 589. The van der Waals surface area contributed by atoms with E-state index in [2.05, 4.69) is 10.6 Å². The molecule has 0 radical (unpaired) electrons. The number of alkyl halides is 3. The van der Waals surface area contributed by atoms with Gasteiger partial charge < -0.3 is 10.6 Å². The zero-order valence-corrected chi connectivity index (χ0v) is 14.0. The van der Waals surface area contributed by atoms with Crippen molar-refractivity contribution in [3.05, 3.63) is 0 Å². The molecule has 0 spiro atoms. The molecule has 6 rings (SSSR count). The maximum atomic E-state index is 12.6. The molecule has 0 aliphatic heterocycles. The number of hydrogen-bond acceptors (Lipinski definition) is 2. The molecule has 6 aliphatic carbocycles. The number of rotatable bonds is 5. The molecule has 4 bridgehead atoms. The minimum absolute atomic E-state index is 0.0420. The van der Waals surface area contributed by atoms with Crippen LogP contribution in [0.3, 0.4) is 0 Å². The van der Waals surface area contributed by atoms with E-state index in [1.165, 1.54) is 0 Å². The summed E-state index contributed by atoms with van der Waals surface area (Å²) >= 11 is 0. The summed E-state index contributed by atoms with van der Waals surface area (Å²) < 4.78 is 37.1. The Labute approximate surface area is 138 Å². The van der Waals surface area contributed by atoms with Crippen LogP contribution in [-0.4, -0.2) is 29.1 Å². The van der Waals surface area contributed by atoms with E-state index in [4.69, 9.17) is 0 Å². The van der Waals surface area contributed by atoms with Crippen molar-refractivity contribution in [3.8, 4) is 0 Å². The summed E-state index contributed by atoms with van der Waals surface area (Å²) in [6.07, 6.45) is 0.744. The van der Waals surface area contributed by atoms with Crippen LogP contribution >= 0.6 is 0 Å². The third-order valence-electron chi connectivity index (χ3n) is 6.62. The molecule has 7 heteroatoms. The normalized spacial score (nSPS) is 42.0. The fraction of sp³-hybridized carbons (Fsp3) is 0.882. The van der Waals surface area contributed by atoms with E-state index in [1.807, 2.05) is 13.8 Å². The van der Waals surface area contributed by atoms with Gasteiger partial charge in [0, 0.05) is 16.5 Å². The van der Waals surface area contributed by atoms with Gasteiger partial charge in [-0.25, -0.2) is 0 Å². The van der Waals surface area contributed by atoms with Crippen LogP contribution in [-0.2, 0) is 9.59 Å². The van der Waals surface area contributed by atoms with E-state index in [0.29, 0.717) is 25.7 Å². The van der Waals surface area contributed by atoms with Gasteiger partial charge in [-0.05, 0) is 56.3 Å². The van der Waals surface area contributed by atoms with Gasteiger partial charge in [-0.1, -0.05) is 13.8 Å². The number of carbonyl (C=O) groups excluding carboxylic acids is 2. The highest BCUT2D eigenvalue weighted by Crippen LogP contribution is 2.71. The quantitative estimate of drug-likeness (QED) is 0.806. The molecule has 0 saturated heterocycles. The minimum atomic E-state index is -4.83. The molecule has 0 heterocycles. The largest absolute Gasteiger partial charge is 0.471 e. The first-order chi connectivity index (χ1) is 10.9. The van der Waals surface area contributed by atoms with Crippen molar-refractivity contribution in [2.24, 2.45) is 16.7 Å². The maximum Gasteiger partial charge on any atom is 0.471 e. The van der Waals surface area contributed by atoms with Crippen molar-refractivity contribution in [3.63, 3.8) is 0 Å². The monoisotopic (exact) mass is 344 g/mol. The van der Waals surface area contributed by atoms with Gasteiger partial charge in [-0.3, -0.25) is 9.59 Å². The second-order valence-corrected chi connectivity index (χ2v) is 9.54. The average Bonchev–Trinajstić information content (AvgIpc) is 2.25. The van der Waals surface area contributed by atoms with E-state index in [9.17, 15) is 22.8 Å². The van der Waals surface area contributed by atoms with Crippen LogP contribution in [0, 0.1) is 16.7 Å².